The molecule has 0 saturated heterocycles. The quantitative estimate of drug-likeness (QED) is 0.612. The summed E-state index contributed by atoms with van der Waals surface area (Å²) >= 11 is 0. The molecule has 1 aromatic carbocycles. The van der Waals surface area contributed by atoms with Crippen molar-refractivity contribution >= 4 is 6.21 Å². The van der Waals surface area contributed by atoms with Gasteiger partial charge in [-0.25, -0.2) is 0 Å². The van der Waals surface area contributed by atoms with Crippen molar-refractivity contribution in [3.63, 3.8) is 0 Å². The van der Waals surface area contributed by atoms with Crippen LogP contribution in [0.5, 0.6) is 5.75 Å². The molecule has 2 bridgehead atoms. The zero-order valence-corrected chi connectivity index (χ0v) is 13.2. The molecule has 22 heavy (non-hydrogen) atoms. The van der Waals surface area contributed by atoms with Crippen LogP contribution in [0.15, 0.2) is 40.4 Å². The molecule has 0 spiro atoms. The topological polar surface area (TPSA) is 32.6 Å². The van der Waals surface area contributed by atoms with Crippen LogP contribution in [-0.2, 0) is 0 Å². The van der Waals surface area contributed by atoms with E-state index in [0.717, 1.165) is 11.5 Å². The number of hydrogen-bond donors (Lipinski definition) is 1. The molecule has 2 nitrogen and oxygen atoms in total. The van der Waals surface area contributed by atoms with E-state index in [1.807, 2.05) is 24.4 Å². The van der Waals surface area contributed by atoms with Crippen molar-refractivity contribution in [3.05, 3.63) is 41.0 Å². The van der Waals surface area contributed by atoms with Crippen molar-refractivity contribution in [1.29, 1.82) is 0 Å². The number of phenols is 1. The van der Waals surface area contributed by atoms with E-state index in [0.29, 0.717) is 17.7 Å². The minimum Gasteiger partial charge on any atom is -0.507 e. The summed E-state index contributed by atoms with van der Waals surface area (Å²) in [5.74, 6) is 1.76. The van der Waals surface area contributed by atoms with Crippen molar-refractivity contribution in [2.24, 2.45) is 16.8 Å². The molecule has 1 fully saturated rings. The molecule has 0 radical (unpaired) electrons. The third-order valence-corrected chi connectivity index (χ3v) is 5.89. The van der Waals surface area contributed by atoms with Crippen LogP contribution < -0.4 is 0 Å². The zero-order chi connectivity index (χ0) is 14.9. The second-order valence-corrected chi connectivity index (χ2v) is 7.17. The maximum atomic E-state index is 9.93. The SMILES string of the molecule is Oc1ccccc1C=N[C@H]1C2CCC[C@H]1C1=C(CCCC1)C2. The molecular formula is C20H25NO. The van der Waals surface area contributed by atoms with Gasteiger partial charge in [-0.1, -0.05) is 29.7 Å². The summed E-state index contributed by atoms with van der Waals surface area (Å²) in [4.78, 5) is 4.97. The average molecular weight is 295 g/mol. The van der Waals surface area contributed by atoms with E-state index in [-0.39, 0.29) is 0 Å². The lowest BCUT2D eigenvalue weighted by atomic mass is 9.63. The molecular weight excluding hydrogens is 270 g/mol. The van der Waals surface area contributed by atoms with Gasteiger partial charge >= 0.3 is 0 Å². The molecule has 1 N–H and O–H groups in total. The minimum absolute atomic E-state index is 0.338. The van der Waals surface area contributed by atoms with Crippen molar-refractivity contribution in [2.75, 3.05) is 0 Å². The molecule has 116 valence electrons. The molecule has 0 aromatic heterocycles. The summed E-state index contributed by atoms with van der Waals surface area (Å²) < 4.78 is 0. The number of aliphatic imine (C=N–C) groups is 1. The molecule has 0 aliphatic heterocycles. The van der Waals surface area contributed by atoms with Gasteiger partial charge < -0.3 is 5.11 Å². The molecule has 4 rings (SSSR count). The van der Waals surface area contributed by atoms with Gasteiger partial charge in [0.1, 0.15) is 5.75 Å². The molecule has 1 unspecified atom stereocenters. The summed E-state index contributed by atoms with van der Waals surface area (Å²) in [6.45, 7) is 0. The Bertz CT molecular complexity index is 616. The normalized spacial score (nSPS) is 31.4. The first-order valence-corrected chi connectivity index (χ1v) is 8.85. The summed E-state index contributed by atoms with van der Waals surface area (Å²) in [5.41, 5.74) is 4.40. The number of hydrogen-bond acceptors (Lipinski definition) is 2. The Labute approximate surface area is 133 Å². The van der Waals surface area contributed by atoms with Gasteiger partial charge in [0.05, 0.1) is 6.04 Å². The predicted molar refractivity (Wildman–Crippen MR) is 90.4 cm³/mol. The van der Waals surface area contributed by atoms with Crippen molar-refractivity contribution in [2.45, 2.75) is 57.4 Å². The van der Waals surface area contributed by atoms with E-state index in [1.54, 1.807) is 17.2 Å². The van der Waals surface area contributed by atoms with E-state index in [2.05, 4.69) is 0 Å². The second kappa shape index (κ2) is 5.91. The Hall–Kier alpha value is -1.57. The highest BCUT2D eigenvalue weighted by atomic mass is 16.3. The number of benzene rings is 1. The Balaban J connectivity index is 1.62. The van der Waals surface area contributed by atoms with Crippen LogP contribution in [0, 0.1) is 11.8 Å². The Morgan fingerprint density at radius 3 is 2.82 bits per heavy atom. The maximum Gasteiger partial charge on any atom is 0.124 e. The Kier molecular flexibility index (Phi) is 3.77. The Morgan fingerprint density at radius 1 is 1.05 bits per heavy atom. The molecule has 1 saturated carbocycles. The average Bonchev–Trinajstić information content (AvgIpc) is 2.54. The highest BCUT2D eigenvalue weighted by Crippen LogP contribution is 2.49. The fourth-order valence-corrected chi connectivity index (χ4v) is 4.85. The van der Waals surface area contributed by atoms with Gasteiger partial charge in [-0.15, -0.1) is 0 Å². The highest BCUT2D eigenvalue weighted by molar-refractivity contribution is 5.83. The van der Waals surface area contributed by atoms with E-state index < -0.39 is 0 Å². The van der Waals surface area contributed by atoms with Gasteiger partial charge in [-0.3, -0.25) is 4.99 Å². The first-order valence-electron chi connectivity index (χ1n) is 8.85. The molecule has 3 atom stereocenters. The number of para-hydroxylation sites is 1. The zero-order valence-electron chi connectivity index (χ0n) is 13.2. The van der Waals surface area contributed by atoms with Crippen molar-refractivity contribution < 1.29 is 5.11 Å². The van der Waals surface area contributed by atoms with Crippen LogP contribution in [0.3, 0.4) is 0 Å². The van der Waals surface area contributed by atoms with Gasteiger partial charge in [0.25, 0.3) is 0 Å². The smallest absolute Gasteiger partial charge is 0.124 e. The number of allylic oxidation sites excluding steroid dienone is 1. The lowest BCUT2D eigenvalue weighted by Gasteiger charge is -2.44. The fraction of sp³-hybridized carbons (Fsp3) is 0.550. The second-order valence-electron chi connectivity index (χ2n) is 7.17. The molecule has 1 aromatic rings. The number of aromatic hydroxyl groups is 1. The van der Waals surface area contributed by atoms with Crippen LogP contribution in [0.4, 0.5) is 0 Å². The monoisotopic (exact) mass is 295 g/mol. The van der Waals surface area contributed by atoms with Crippen molar-refractivity contribution in [1.82, 2.24) is 0 Å². The number of rotatable bonds is 2. The molecule has 0 heterocycles. The predicted octanol–water partition coefficient (Wildman–Crippen LogP) is 4.87. The van der Waals surface area contributed by atoms with Gasteiger partial charge in [-0.05, 0) is 63.0 Å². The van der Waals surface area contributed by atoms with Crippen LogP contribution in [0.2, 0.25) is 0 Å². The minimum atomic E-state index is 0.338. The van der Waals surface area contributed by atoms with Gasteiger partial charge in [-0.2, -0.15) is 0 Å². The molecule has 2 heteroatoms. The van der Waals surface area contributed by atoms with Crippen LogP contribution in [0.25, 0.3) is 0 Å². The van der Waals surface area contributed by atoms with E-state index in [4.69, 9.17) is 4.99 Å². The van der Waals surface area contributed by atoms with Gasteiger partial charge in [0.15, 0.2) is 0 Å². The van der Waals surface area contributed by atoms with Crippen molar-refractivity contribution in [3.8, 4) is 5.75 Å². The van der Waals surface area contributed by atoms with Crippen LogP contribution >= 0.6 is 0 Å². The summed E-state index contributed by atoms with van der Waals surface area (Å²) in [7, 11) is 0. The van der Waals surface area contributed by atoms with Crippen LogP contribution in [-0.4, -0.2) is 17.4 Å². The third kappa shape index (κ3) is 2.49. The van der Waals surface area contributed by atoms with E-state index >= 15 is 0 Å². The van der Waals surface area contributed by atoms with E-state index in [9.17, 15) is 5.11 Å². The lowest BCUT2D eigenvalue weighted by Crippen LogP contribution is -2.38. The molecule has 3 aliphatic carbocycles. The van der Waals surface area contributed by atoms with Crippen LogP contribution in [0.1, 0.15) is 56.9 Å². The molecule has 3 aliphatic rings. The molecule has 0 amide bonds. The maximum absolute atomic E-state index is 9.93. The number of fused-ring (bicyclic) bond motifs is 3. The number of phenolic OH excluding ortho intramolecular Hbond substituents is 1. The summed E-state index contributed by atoms with van der Waals surface area (Å²) in [6.07, 6.45) is 12.6. The lowest BCUT2D eigenvalue weighted by molar-refractivity contribution is 0.215. The first kappa shape index (κ1) is 14.0. The Morgan fingerprint density at radius 2 is 1.91 bits per heavy atom. The van der Waals surface area contributed by atoms with Gasteiger partial charge in [0, 0.05) is 17.7 Å². The fourth-order valence-electron chi connectivity index (χ4n) is 4.85. The number of nitrogens with zero attached hydrogens (tertiary/aromatic N) is 1. The summed E-state index contributed by atoms with van der Waals surface area (Å²) in [5, 5.41) is 9.93. The van der Waals surface area contributed by atoms with Gasteiger partial charge in [0.2, 0.25) is 0 Å². The highest BCUT2D eigenvalue weighted by Gasteiger charge is 2.40. The third-order valence-electron chi connectivity index (χ3n) is 5.89. The van der Waals surface area contributed by atoms with E-state index in [1.165, 1.54) is 51.4 Å². The standard InChI is InChI=1S/C20H25NO/c22-19-11-4-2-7-16(19)13-21-20-15-8-5-10-18(20)17-9-3-1-6-14(17)12-15/h2,4,7,11,13,15,18,20,22H,1,3,5-6,8-10,12H2/t15?,18-,20-/m0/s1. The summed E-state index contributed by atoms with van der Waals surface area (Å²) in [6, 6.07) is 7.96. The largest absolute Gasteiger partial charge is 0.507 e. The first-order chi connectivity index (χ1) is 10.8.